The molecule has 0 heterocycles. The molecule has 0 spiro atoms. The summed E-state index contributed by atoms with van der Waals surface area (Å²) in [5.74, 6) is -1.14. The molecule has 0 saturated heterocycles. The van der Waals surface area contributed by atoms with Crippen molar-refractivity contribution in [1.82, 2.24) is 4.72 Å². The summed E-state index contributed by atoms with van der Waals surface area (Å²) >= 11 is 0. The minimum Gasteiger partial charge on any atom is -0.478 e. The number of nitrogens with one attached hydrogen (secondary N) is 1. The molecule has 0 fully saturated rings. The molecule has 0 saturated carbocycles. The minimum absolute atomic E-state index is 0.0425. The summed E-state index contributed by atoms with van der Waals surface area (Å²) in [4.78, 5) is 10.8. The Hall–Kier alpha value is -1.44. The number of benzene rings is 1. The van der Waals surface area contributed by atoms with E-state index in [-0.39, 0.29) is 23.8 Å². The van der Waals surface area contributed by atoms with E-state index in [1.165, 1.54) is 18.2 Å². The lowest BCUT2D eigenvalue weighted by atomic mass is 10.1. The van der Waals surface area contributed by atoms with Crippen LogP contribution in [0.1, 0.15) is 36.2 Å². The van der Waals surface area contributed by atoms with Gasteiger partial charge in [0, 0.05) is 6.54 Å². The zero-order valence-corrected chi connectivity index (χ0v) is 12.9. The van der Waals surface area contributed by atoms with Gasteiger partial charge in [0.2, 0.25) is 10.0 Å². The molecule has 0 aliphatic heterocycles. The van der Waals surface area contributed by atoms with E-state index in [1.54, 1.807) is 6.07 Å². The average molecular weight is 315 g/mol. The molecule has 0 aromatic heterocycles. The lowest BCUT2D eigenvalue weighted by molar-refractivity contribution is 0.0696. The van der Waals surface area contributed by atoms with Crippen LogP contribution in [0.25, 0.3) is 0 Å². The van der Waals surface area contributed by atoms with Crippen LogP contribution in [-0.4, -0.2) is 37.2 Å². The summed E-state index contributed by atoms with van der Waals surface area (Å²) < 4.78 is 26.1. The van der Waals surface area contributed by atoms with Crippen molar-refractivity contribution in [3.05, 3.63) is 35.4 Å². The zero-order chi connectivity index (χ0) is 16.0. The number of aliphatic hydroxyl groups is 1. The number of sulfonamides is 1. The fraction of sp³-hybridized carbons (Fsp3) is 0.500. The van der Waals surface area contributed by atoms with Gasteiger partial charge >= 0.3 is 5.97 Å². The van der Waals surface area contributed by atoms with E-state index < -0.39 is 22.1 Å². The van der Waals surface area contributed by atoms with Crippen LogP contribution in [0.15, 0.2) is 24.3 Å². The van der Waals surface area contributed by atoms with Crippen molar-refractivity contribution in [2.45, 2.75) is 32.1 Å². The largest absolute Gasteiger partial charge is 0.478 e. The third-order valence-electron chi connectivity index (χ3n) is 2.81. The maximum atomic E-state index is 11.9. The molecule has 1 atom stereocenters. The molecule has 0 aliphatic rings. The first-order valence-electron chi connectivity index (χ1n) is 6.67. The Morgan fingerprint density at radius 2 is 2.00 bits per heavy atom. The van der Waals surface area contributed by atoms with Crippen LogP contribution in [0.5, 0.6) is 0 Å². The van der Waals surface area contributed by atoms with Crippen LogP contribution in [0.3, 0.4) is 0 Å². The van der Waals surface area contributed by atoms with E-state index in [2.05, 4.69) is 4.72 Å². The first kappa shape index (κ1) is 17.6. The van der Waals surface area contributed by atoms with E-state index >= 15 is 0 Å². The molecule has 6 nitrogen and oxygen atoms in total. The quantitative estimate of drug-likeness (QED) is 0.669. The summed E-state index contributed by atoms with van der Waals surface area (Å²) in [5, 5.41) is 18.5. The van der Waals surface area contributed by atoms with Crippen molar-refractivity contribution in [1.29, 1.82) is 0 Å². The second kappa shape index (κ2) is 7.53. The zero-order valence-electron chi connectivity index (χ0n) is 12.1. The number of rotatable bonds is 8. The molecule has 1 unspecified atom stereocenters. The lowest BCUT2D eigenvalue weighted by Gasteiger charge is -2.14. The maximum Gasteiger partial charge on any atom is 0.335 e. The summed E-state index contributed by atoms with van der Waals surface area (Å²) in [7, 11) is -3.61. The van der Waals surface area contributed by atoms with Crippen molar-refractivity contribution in [2.24, 2.45) is 5.92 Å². The van der Waals surface area contributed by atoms with Crippen molar-refractivity contribution in [3.8, 4) is 0 Å². The summed E-state index contributed by atoms with van der Waals surface area (Å²) in [5.41, 5.74) is 0.434. The summed E-state index contributed by atoms with van der Waals surface area (Å²) in [6.07, 6.45) is -0.220. The van der Waals surface area contributed by atoms with E-state index in [0.29, 0.717) is 12.0 Å². The Balaban J connectivity index is 2.64. The highest BCUT2D eigenvalue weighted by Crippen LogP contribution is 2.09. The van der Waals surface area contributed by atoms with Crippen molar-refractivity contribution in [2.75, 3.05) is 6.54 Å². The van der Waals surface area contributed by atoms with Gasteiger partial charge in [0.05, 0.1) is 17.4 Å². The molecule has 0 bridgehead atoms. The van der Waals surface area contributed by atoms with Crippen LogP contribution in [-0.2, 0) is 15.8 Å². The van der Waals surface area contributed by atoms with Gasteiger partial charge in [0.1, 0.15) is 0 Å². The number of hydrogen-bond donors (Lipinski definition) is 3. The Bertz CT molecular complexity index is 583. The molecule has 0 radical (unpaired) electrons. The standard InChI is InChI=1S/C14H21NO5S/c1-10(2)6-13(16)8-15-21(19,20)9-11-4-3-5-12(7-11)14(17)18/h3-5,7,10,13,15-16H,6,8-9H2,1-2H3,(H,17,18). The minimum atomic E-state index is -3.61. The molecular formula is C14H21NO5S. The lowest BCUT2D eigenvalue weighted by Crippen LogP contribution is -2.33. The van der Waals surface area contributed by atoms with E-state index in [4.69, 9.17) is 5.11 Å². The molecule has 3 N–H and O–H groups in total. The van der Waals surface area contributed by atoms with Crippen molar-refractivity contribution >= 4 is 16.0 Å². The van der Waals surface area contributed by atoms with E-state index in [9.17, 15) is 18.3 Å². The molecule has 1 rings (SSSR count). The van der Waals surface area contributed by atoms with E-state index in [0.717, 1.165) is 0 Å². The van der Waals surface area contributed by atoms with Crippen LogP contribution in [0.4, 0.5) is 0 Å². The predicted molar refractivity (Wildman–Crippen MR) is 79.5 cm³/mol. The highest BCUT2D eigenvalue weighted by atomic mass is 32.2. The molecule has 21 heavy (non-hydrogen) atoms. The Labute approximate surface area is 124 Å². The molecular weight excluding hydrogens is 294 g/mol. The van der Waals surface area contributed by atoms with Gasteiger partial charge in [-0.05, 0) is 30.0 Å². The molecule has 7 heteroatoms. The number of aromatic carboxylic acids is 1. The Morgan fingerprint density at radius 3 is 2.57 bits per heavy atom. The Morgan fingerprint density at radius 1 is 1.33 bits per heavy atom. The monoisotopic (exact) mass is 315 g/mol. The van der Waals surface area contributed by atoms with Crippen LogP contribution in [0.2, 0.25) is 0 Å². The average Bonchev–Trinajstić information content (AvgIpc) is 2.35. The number of carbonyl (C=O) groups is 1. The van der Waals surface area contributed by atoms with E-state index in [1.807, 2.05) is 13.8 Å². The summed E-state index contributed by atoms with van der Waals surface area (Å²) in [6, 6.07) is 5.78. The highest BCUT2D eigenvalue weighted by Gasteiger charge is 2.15. The van der Waals surface area contributed by atoms with Crippen molar-refractivity contribution in [3.63, 3.8) is 0 Å². The van der Waals surface area contributed by atoms with Crippen LogP contribution >= 0.6 is 0 Å². The normalized spacial score (nSPS) is 13.3. The van der Waals surface area contributed by atoms with Gasteiger partial charge in [0.15, 0.2) is 0 Å². The van der Waals surface area contributed by atoms with Crippen molar-refractivity contribution < 1.29 is 23.4 Å². The fourth-order valence-corrected chi connectivity index (χ4v) is 3.08. The number of carboxylic acids is 1. The van der Waals surface area contributed by atoms with Gasteiger partial charge in [-0.3, -0.25) is 0 Å². The van der Waals surface area contributed by atoms with Gasteiger partial charge in [0.25, 0.3) is 0 Å². The van der Waals surface area contributed by atoms with Crippen LogP contribution in [0, 0.1) is 5.92 Å². The van der Waals surface area contributed by atoms with Crippen LogP contribution < -0.4 is 4.72 Å². The molecule has 1 aromatic carbocycles. The van der Waals surface area contributed by atoms with Gasteiger partial charge < -0.3 is 10.2 Å². The predicted octanol–water partition coefficient (Wildman–Crippen LogP) is 1.21. The SMILES string of the molecule is CC(C)CC(O)CNS(=O)(=O)Cc1cccc(C(=O)O)c1. The van der Waals surface area contributed by atoms with Gasteiger partial charge in [-0.1, -0.05) is 26.0 Å². The highest BCUT2D eigenvalue weighted by molar-refractivity contribution is 7.88. The molecule has 1 aromatic rings. The second-order valence-corrected chi connectivity index (χ2v) is 7.20. The van der Waals surface area contributed by atoms with Gasteiger partial charge in [-0.25, -0.2) is 17.9 Å². The first-order valence-corrected chi connectivity index (χ1v) is 8.32. The topological polar surface area (TPSA) is 104 Å². The van der Waals surface area contributed by atoms with Gasteiger partial charge in [-0.2, -0.15) is 0 Å². The number of carboxylic acid groups (broad SMARTS) is 1. The third-order valence-corrected chi connectivity index (χ3v) is 4.13. The first-order chi connectivity index (χ1) is 9.69. The molecule has 0 amide bonds. The fourth-order valence-electron chi connectivity index (χ4n) is 1.92. The Kier molecular flexibility index (Phi) is 6.32. The molecule has 118 valence electrons. The summed E-state index contributed by atoms with van der Waals surface area (Å²) in [6.45, 7) is 3.84. The maximum absolute atomic E-state index is 11.9. The number of hydrogen-bond acceptors (Lipinski definition) is 4. The van der Waals surface area contributed by atoms with Gasteiger partial charge in [-0.15, -0.1) is 0 Å². The smallest absolute Gasteiger partial charge is 0.335 e. The third kappa shape index (κ3) is 6.70. The number of aliphatic hydroxyl groups excluding tert-OH is 1. The molecule has 0 aliphatic carbocycles. The second-order valence-electron chi connectivity index (χ2n) is 5.40.